The molecule has 2 N–H and O–H groups in total. The van der Waals surface area contributed by atoms with E-state index in [2.05, 4.69) is 27.9 Å². The van der Waals surface area contributed by atoms with Gasteiger partial charge in [-0.3, -0.25) is 9.69 Å². The highest BCUT2D eigenvalue weighted by atomic mass is 16.5. The number of hydrogen-bond donors (Lipinski definition) is 2. The monoisotopic (exact) mass is 409 g/mol. The van der Waals surface area contributed by atoms with Gasteiger partial charge in [-0.1, -0.05) is 13.0 Å². The third-order valence-electron chi connectivity index (χ3n) is 6.65. The number of carbonyl (C=O) groups excluding carboxylic acids is 1. The molecule has 0 saturated carbocycles. The number of aromatic nitrogens is 1. The number of nitrogens with one attached hydrogen (secondary N) is 1. The van der Waals surface area contributed by atoms with Crippen LogP contribution in [0.25, 0.3) is 10.9 Å². The lowest BCUT2D eigenvalue weighted by Gasteiger charge is -2.50. The molecular formula is C24H31N3O3. The molecule has 0 spiro atoms. The van der Waals surface area contributed by atoms with Gasteiger partial charge in [0.25, 0.3) is 5.91 Å². The van der Waals surface area contributed by atoms with Crippen LogP contribution in [-0.2, 0) is 0 Å². The van der Waals surface area contributed by atoms with Crippen molar-refractivity contribution in [2.75, 3.05) is 26.7 Å². The summed E-state index contributed by atoms with van der Waals surface area (Å²) in [5.74, 6) is 1.55. The van der Waals surface area contributed by atoms with Crippen molar-refractivity contribution in [3.63, 3.8) is 0 Å². The minimum atomic E-state index is -0.700. The van der Waals surface area contributed by atoms with Crippen molar-refractivity contribution in [2.45, 2.75) is 38.3 Å². The van der Waals surface area contributed by atoms with Crippen molar-refractivity contribution >= 4 is 16.8 Å². The summed E-state index contributed by atoms with van der Waals surface area (Å²) in [4.78, 5) is 19.6. The van der Waals surface area contributed by atoms with E-state index in [1.54, 1.807) is 13.2 Å². The van der Waals surface area contributed by atoms with Crippen LogP contribution in [0.5, 0.6) is 5.75 Å². The number of aliphatic hydroxyl groups excluding tert-OH is 1. The lowest BCUT2D eigenvalue weighted by molar-refractivity contribution is -0.0445. The number of pyridine rings is 1. The van der Waals surface area contributed by atoms with Gasteiger partial charge < -0.3 is 15.2 Å². The molecule has 6 nitrogen and oxygen atoms in total. The maximum absolute atomic E-state index is 12.6. The van der Waals surface area contributed by atoms with Gasteiger partial charge in [-0.15, -0.1) is 6.58 Å². The van der Waals surface area contributed by atoms with Gasteiger partial charge in [0.05, 0.1) is 18.7 Å². The standard InChI is InChI=1S/C24H31N3O3/c1-4-9-25-24(29)21-13-19(18-12-17(30-3)6-7-20(18)26-21)23(28)22-11-16-8-10-27(22)14-15(16)5-2/h5-7,12-13,15-16,22-23,28H,2,4,8-11,14H2,1,3H3,(H,25,29)/t15-,16?,22-,23+/m0/s1. The normalized spacial score (nSPS) is 26.4. The number of piperidine rings is 3. The molecule has 3 aliphatic heterocycles. The molecule has 0 aliphatic carbocycles. The van der Waals surface area contributed by atoms with Crippen molar-refractivity contribution in [2.24, 2.45) is 11.8 Å². The predicted molar refractivity (Wildman–Crippen MR) is 118 cm³/mol. The quantitative estimate of drug-likeness (QED) is 0.687. The molecule has 3 aliphatic rings. The summed E-state index contributed by atoms with van der Waals surface area (Å²) in [5.41, 5.74) is 1.78. The molecule has 3 saturated heterocycles. The van der Waals surface area contributed by atoms with Crippen LogP contribution in [-0.4, -0.2) is 53.7 Å². The maximum Gasteiger partial charge on any atom is 0.269 e. The van der Waals surface area contributed by atoms with Crippen LogP contribution in [0, 0.1) is 11.8 Å². The second kappa shape index (κ2) is 8.74. The fourth-order valence-corrected chi connectivity index (χ4v) is 4.96. The van der Waals surface area contributed by atoms with Gasteiger partial charge in [-0.2, -0.15) is 0 Å². The van der Waals surface area contributed by atoms with E-state index in [-0.39, 0.29) is 11.9 Å². The Morgan fingerprint density at radius 2 is 2.30 bits per heavy atom. The molecule has 1 amide bonds. The molecule has 3 fully saturated rings. The van der Waals surface area contributed by atoms with E-state index in [9.17, 15) is 9.90 Å². The fourth-order valence-electron chi connectivity index (χ4n) is 4.96. The molecule has 5 atom stereocenters. The average molecular weight is 410 g/mol. The lowest BCUT2D eigenvalue weighted by atomic mass is 9.73. The van der Waals surface area contributed by atoms with Crippen LogP contribution in [0.3, 0.4) is 0 Å². The Balaban J connectivity index is 1.73. The van der Waals surface area contributed by atoms with Crippen LogP contribution in [0.4, 0.5) is 0 Å². The second-order valence-corrected chi connectivity index (χ2v) is 8.43. The summed E-state index contributed by atoms with van der Waals surface area (Å²) >= 11 is 0. The number of fused-ring (bicyclic) bond motifs is 4. The third-order valence-corrected chi connectivity index (χ3v) is 6.65. The second-order valence-electron chi connectivity index (χ2n) is 8.43. The van der Waals surface area contributed by atoms with Crippen molar-refractivity contribution in [3.05, 3.63) is 48.2 Å². The van der Waals surface area contributed by atoms with Crippen LogP contribution in [0.1, 0.15) is 48.3 Å². The average Bonchev–Trinajstić information content (AvgIpc) is 2.80. The van der Waals surface area contributed by atoms with Gasteiger partial charge in [-0.05, 0) is 67.5 Å². The zero-order valence-electron chi connectivity index (χ0n) is 17.8. The zero-order valence-corrected chi connectivity index (χ0v) is 17.8. The summed E-state index contributed by atoms with van der Waals surface area (Å²) in [7, 11) is 1.62. The number of aliphatic hydroxyl groups is 1. The Morgan fingerprint density at radius 1 is 1.47 bits per heavy atom. The summed E-state index contributed by atoms with van der Waals surface area (Å²) in [6.45, 7) is 8.53. The van der Waals surface area contributed by atoms with Crippen LogP contribution < -0.4 is 10.1 Å². The van der Waals surface area contributed by atoms with Crippen molar-refractivity contribution in [3.8, 4) is 5.75 Å². The van der Waals surface area contributed by atoms with Gasteiger partial charge in [-0.25, -0.2) is 4.98 Å². The number of benzene rings is 1. The number of hydrogen-bond acceptors (Lipinski definition) is 5. The summed E-state index contributed by atoms with van der Waals surface area (Å²) in [6, 6.07) is 7.37. The summed E-state index contributed by atoms with van der Waals surface area (Å²) in [5, 5.41) is 15.2. The molecule has 4 heterocycles. The SMILES string of the molecule is C=C[C@H]1CN2CCC1C[C@H]2[C@H](O)c1cc(C(=O)NCCC)nc2ccc(OC)cc12. The smallest absolute Gasteiger partial charge is 0.269 e. The molecule has 2 aromatic rings. The van der Waals surface area contributed by atoms with E-state index < -0.39 is 6.10 Å². The lowest BCUT2D eigenvalue weighted by Crippen LogP contribution is -2.54. The van der Waals surface area contributed by atoms with E-state index >= 15 is 0 Å². The first-order chi connectivity index (χ1) is 14.5. The van der Waals surface area contributed by atoms with E-state index in [1.165, 1.54) is 0 Å². The highest BCUT2D eigenvalue weighted by molar-refractivity contribution is 5.96. The predicted octanol–water partition coefficient (Wildman–Crippen LogP) is 3.31. The largest absolute Gasteiger partial charge is 0.497 e. The Morgan fingerprint density at radius 3 is 2.97 bits per heavy atom. The molecule has 160 valence electrons. The summed E-state index contributed by atoms with van der Waals surface area (Å²) in [6.07, 6.45) is 4.30. The number of ether oxygens (including phenoxy) is 1. The molecular weight excluding hydrogens is 378 g/mol. The molecule has 30 heavy (non-hydrogen) atoms. The van der Waals surface area contributed by atoms with Gasteiger partial charge in [0, 0.05) is 24.5 Å². The highest BCUT2D eigenvalue weighted by Gasteiger charge is 2.42. The van der Waals surface area contributed by atoms with Gasteiger partial charge in [0.2, 0.25) is 0 Å². The zero-order chi connectivity index (χ0) is 21.3. The van der Waals surface area contributed by atoms with Gasteiger partial charge in [0.1, 0.15) is 11.4 Å². The number of methoxy groups -OCH3 is 1. The Kier molecular flexibility index (Phi) is 6.06. The molecule has 0 radical (unpaired) electrons. The van der Waals surface area contributed by atoms with Crippen molar-refractivity contribution in [1.29, 1.82) is 0 Å². The van der Waals surface area contributed by atoms with E-state index in [0.717, 1.165) is 43.3 Å². The first-order valence-corrected chi connectivity index (χ1v) is 10.9. The van der Waals surface area contributed by atoms with Crippen LogP contribution in [0.2, 0.25) is 0 Å². The van der Waals surface area contributed by atoms with Gasteiger partial charge in [0.15, 0.2) is 0 Å². The minimum absolute atomic E-state index is 0.0308. The topological polar surface area (TPSA) is 74.7 Å². The van der Waals surface area contributed by atoms with Crippen LogP contribution in [0.15, 0.2) is 36.9 Å². The molecule has 5 rings (SSSR count). The maximum atomic E-state index is 12.6. The number of amides is 1. The van der Waals surface area contributed by atoms with E-state index in [1.807, 2.05) is 25.1 Å². The Hall–Kier alpha value is -2.44. The minimum Gasteiger partial charge on any atom is -0.497 e. The Bertz CT molecular complexity index is 945. The first-order valence-electron chi connectivity index (χ1n) is 10.9. The first kappa shape index (κ1) is 20.8. The van der Waals surface area contributed by atoms with Crippen molar-refractivity contribution in [1.82, 2.24) is 15.2 Å². The van der Waals surface area contributed by atoms with Gasteiger partial charge >= 0.3 is 0 Å². The van der Waals surface area contributed by atoms with E-state index in [0.29, 0.717) is 35.3 Å². The van der Waals surface area contributed by atoms with Crippen LogP contribution >= 0.6 is 0 Å². The molecule has 1 aromatic carbocycles. The summed E-state index contributed by atoms with van der Waals surface area (Å²) < 4.78 is 5.40. The molecule has 6 heteroatoms. The number of nitrogens with zero attached hydrogens (tertiary/aromatic N) is 2. The Labute approximate surface area is 177 Å². The fraction of sp³-hybridized carbons (Fsp3) is 0.500. The molecule has 2 unspecified atom stereocenters. The highest BCUT2D eigenvalue weighted by Crippen LogP contribution is 2.42. The third kappa shape index (κ3) is 3.82. The van der Waals surface area contributed by atoms with E-state index in [4.69, 9.17) is 4.74 Å². The molecule has 2 bridgehead atoms. The number of rotatable bonds is 7. The molecule has 1 aromatic heterocycles. The van der Waals surface area contributed by atoms with Crippen molar-refractivity contribution < 1.29 is 14.6 Å². The number of carbonyl (C=O) groups is 1.